The van der Waals surface area contributed by atoms with Crippen LogP contribution in [-0.4, -0.2) is 25.9 Å². The molecule has 1 aromatic carbocycles. The average Bonchev–Trinajstić information content (AvgIpc) is 3.11. The molecule has 0 saturated carbocycles. The number of amides is 1. The first kappa shape index (κ1) is 16.0. The summed E-state index contributed by atoms with van der Waals surface area (Å²) in [4.78, 5) is 19.1. The Balaban J connectivity index is 1.60. The van der Waals surface area contributed by atoms with Crippen molar-refractivity contribution < 1.29 is 19.1 Å². The monoisotopic (exact) mass is 333 g/mol. The maximum Gasteiger partial charge on any atom is 0.285 e. The summed E-state index contributed by atoms with van der Waals surface area (Å²) in [6.45, 7) is 0.682. The fraction of sp³-hybridized carbons (Fsp3) is 0.353. The Hall–Kier alpha value is -1.89. The molecule has 0 bridgehead atoms. The molecule has 0 aliphatic carbocycles. The standard InChI is InChI=1S/C17H19NO4S/c1-20-13-7-5-12(6-8-13)14-9-10-15(23-14)17(19)18-22-16-4-2-3-11-21-16/h5-10,16H,2-4,11H2,1H3,(H,18,19). The van der Waals surface area contributed by atoms with E-state index < -0.39 is 0 Å². The van der Waals surface area contributed by atoms with Gasteiger partial charge >= 0.3 is 0 Å². The number of benzene rings is 1. The van der Waals surface area contributed by atoms with Crippen molar-refractivity contribution in [1.29, 1.82) is 0 Å². The number of hydrogen-bond donors (Lipinski definition) is 1. The fourth-order valence-corrected chi connectivity index (χ4v) is 3.24. The van der Waals surface area contributed by atoms with E-state index in [1.165, 1.54) is 11.3 Å². The predicted molar refractivity (Wildman–Crippen MR) is 88.4 cm³/mol. The highest BCUT2D eigenvalue weighted by Gasteiger charge is 2.17. The number of hydroxylamine groups is 1. The predicted octanol–water partition coefficient (Wildman–Crippen LogP) is 3.61. The van der Waals surface area contributed by atoms with Crippen LogP contribution in [0, 0.1) is 0 Å². The number of hydrogen-bond acceptors (Lipinski definition) is 5. The molecule has 1 aliphatic rings. The molecule has 5 nitrogen and oxygen atoms in total. The average molecular weight is 333 g/mol. The Morgan fingerprint density at radius 2 is 2.04 bits per heavy atom. The van der Waals surface area contributed by atoms with Crippen molar-refractivity contribution in [3.8, 4) is 16.2 Å². The number of rotatable bonds is 5. The maximum atomic E-state index is 12.1. The Morgan fingerprint density at radius 3 is 2.74 bits per heavy atom. The van der Waals surface area contributed by atoms with Crippen molar-refractivity contribution in [2.45, 2.75) is 25.6 Å². The van der Waals surface area contributed by atoms with E-state index in [1.54, 1.807) is 13.2 Å². The highest BCUT2D eigenvalue weighted by atomic mass is 32.1. The lowest BCUT2D eigenvalue weighted by atomic mass is 10.2. The number of nitrogens with one attached hydrogen (secondary N) is 1. The number of carbonyl (C=O) groups is 1. The molecular formula is C17H19NO4S. The Bertz CT molecular complexity index is 647. The summed E-state index contributed by atoms with van der Waals surface area (Å²) in [7, 11) is 1.64. The first-order valence-electron chi connectivity index (χ1n) is 7.58. The summed E-state index contributed by atoms with van der Waals surface area (Å²) in [6, 6.07) is 11.5. The third-order valence-corrected chi connectivity index (χ3v) is 4.76. The van der Waals surface area contributed by atoms with Gasteiger partial charge in [-0.3, -0.25) is 4.79 Å². The summed E-state index contributed by atoms with van der Waals surface area (Å²) in [5.41, 5.74) is 3.53. The van der Waals surface area contributed by atoms with Gasteiger partial charge in [0, 0.05) is 17.9 Å². The molecule has 1 unspecified atom stereocenters. The van der Waals surface area contributed by atoms with E-state index in [4.69, 9.17) is 14.3 Å². The zero-order chi connectivity index (χ0) is 16.1. The van der Waals surface area contributed by atoms with Gasteiger partial charge in [0.2, 0.25) is 0 Å². The van der Waals surface area contributed by atoms with E-state index in [1.807, 2.05) is 30.3 Å². The highest BCUT2D eigenvalue weighted by Crippen LogP contribution is 2.29. The van der Waals surface area contributed by atoms with Gasteiger partial charge in [-0.25, -0.2) is 10.3 Å². The summed E-state index contributed by atoms with van der Waals surface area (Å²) in [5, 5.41) is 0. The number of carbonyl (C=O) groups excluding carboxylic acids is 1. The quantitative estimate of drug-likeness (QED) is 0.849. The van der Waals surface area contributed by atoms with Crippen molar-refractivity contribution >= 4 is 17.2 Å². The van der Waals surface area contributed by atoms with Crippen LogP contribution in [0.4, 0.5) is 0 Å². The van der Waals surface area contributed by atoms with Crippen LogP contribution in [-0.2, 0) is 9.57 Å². The van der Waals surface area contributed by atoms with Crippen LogP contribution in [0.15, 0.2) is 36.4 Å². The van der Waals surface area contributed by atoms with Crippen molar-refractivity contribution in [2.24, 2.45) is 0 Å². The second kappa shape index (κ2) is 7.59. The SMILES string of the molecule is COc1ccc(-c2ccc(C(=O)NOC3CCCCO3)s2)cc1. The molecule has 6 heteroatoms. The molecule has 1 amide bonds. The van der Waals surface area contributed by atoms with E-state index in [9.17, 15) is 4.79 Å². The lowest BCUT2D eigenvalue weighted by Crippen LogP contribution is -2.32. The zero-order valence-electron chi connectivity index (χ0n) is 12.9. The van der Waals surface area contributed by atoms with Crippen LogP contribution in [0.5, 0.6) is 5.75 Å². The van der Waals surface area contributed by atoms with E-state index >= 15 is 0 Å². The van der Waals surface area contributed by atoms with E-state index in [0.29, 0.717) is 11.5 Å². The second-order valence-electron chi connectivity index (χ2n) is 5.24. The van der Waals surface area contributed by atoms with Crippen LogP contribution < -0.4 is 10.2 Å². The Morgan fingerprint density at radius 1 is 1.22 bits per heavy atom. The lowest BCUT2D eigenvalue weighted by Gasteiger charge is -2.21. The van der Waals surface area contributed by atoms with Crippen LogP contribution in [0.2, 0.25) is 0 Å². The van der Waals surface area contributed by atoms with Crippen molar-refractivity contribution in [3.05, 3.63) is 41.3 Å². The minimum atomic E-state index is -0.339. The molecule has 23 heavy (non-hydrogen) atoms. The highest BCUT2D eigenvalue weighted by molar-refractivity contribution is 7.17. The largest absolute Gasteiger partial charge is 0.497 e. The van der Waals surface area contributed by atoms with E-state index in [-0.39, 0.29) is 12.2 Å². The smallest absolute Gasteiger partial charge is 0.285 e. The van der Waals surface area contributed by atoms with E-state index in [0.717, 1.165) is 35.5 Å². The molecule has 0 spiro atoms. The molecule has 122 valence electrons. The first-order valence-corrected chi connectivity index (χ1v) is 8.40. The molecule has 1 atom stereocenters. The number of ether oxygens (including phenoxy) is 2. The van der Waals surface area contributed by atoms with E-state index in [2.05, 4.69) is 5.48 Å². The molecule has 2 aromatic rings. The van der Waals surface area contributed by atoms with Crippen molar-refractivity contribution in [2.75, 3.05) is 13.7 Å². The van der Waals surface area contributed by atoms with Gasteiger partial charge in [-0.15, -0.1) is 11.3 Å². The Kier molecular flexibility index (Phi) is 5.27. The summed E-state index contributed by atoms with van der Waals surface area (Å²) in [5.74, 6) is 0.563. The summed E-state index contributed by atoms with van der Waals surface area (Å²) >= 11 is 1.42. The van der Waals surface area contributed by atoms with Gasteiger partial charge in [-0.2, -0.15) is 0 Å². The van der Waals surface area contributed by atoms with Gasteiger partial charge in [0.05, 0.1) is 12.0 Å². The normalized spacial score (nSPS) is 17.7. The van der Waals surface area contributed by atoms with Crippen molar-refractivity contribution in [1.82, 2.24) is 5.48 Å². The molecule has 1 saturated heterocycles. The third-order valence-electron chi connectivity index (χ3n) is 3.63. The number of thiophene rings is 1. The van der Waals surface area contributed by atoms with Gasteiger partial charge in [0.15, 0.2) is 6.29 Å². The molecule has 0 radical (unpaired) electrons. The Labute approximate surface area is 139 Å². The molecule has 1 fully saturated rings. The summed E-state index contributed by atoms with van der Waals surface area (Å²) in [6.07, 6.45) is 2.57. The van der Waals surface area contributed by atoms with Crippen LogP contribution in [0.25, 0.3) is 10.4 Å². The van der Waals surface area contributed by atoms with Crippen molar-refractivity contribution in [3.63, 3.8) is 0 Å². The minimum Gasteiger partial charge on any atom is -0.497 e. The maximum absolute atomic E-state index is 12.1. The van der Waals surface area contributed by atoms with Gasteiger partial charge in [0.1, 0.15) is 5.75 Å². The van der Waals surface area contributed by atoms with Gasteiger partial charge < -0.3 is 9.47 Å². The first-order chi connectivity index (χ1) is 11.3. The molecule has 2 heterocycles. The molecule has 3 rings (SSSR count). The second-order valence-corrected chi connectivity index (χ2v) is 6.32. The molecule has 1 N–H and O–H groups in total. The van der Waals surface area contributed by atoms with Gasteiger partial charge in [0.25, 0.3) is 5.91 Å². The topological polar surface area (TPSA) is 56.8 Å². The van der Waals surface area contributed by atoms with Crippen LogP contribution in [0.3, 0.4) is 0 Å². The van der Waals surface area contributed by atoms with Crippen LogP contribution >= 0.6 is 11.3 Å². The van der Waals surface area contributed by atoms with Gasteiger partial charge in [-0.1, -0.05) is 0 Å². The van der Waals surface area contributed by atoms with Gasteiger partial charge in [-0.05, 0) is 54.8 Å². The fourth-order valence-electron chi connectivity index (χ4n) is 2.34. The minimum absolute atomic E-state index is 0.246. The zero-order valence-corrected chi connectivity index (χ0v) is 13.7. The molecule has 1 aliphatic heterocycles. The molecule has 1 aromatic heterocycles. The number of methoxy groups -OCH3 is 1. The third kappa shape index (κ3) is 4.10. The van der Waals surface area contributed by atoms with Crippen LogP contribution in [0.1, 0.15) is 28.9 Å². The lowest BCUT2D eigenvalue weighted by molar-refractivity contribution is -0.186. The molecular weight excluding hydrogens is 314 g/mol. The summed E-state index contributed by atoms with van der Waals surface area (Å²) < 4.78 is 10.6.